The van der Waals surface area contributed by atoms with Gasteiger partial charge in [-0.05, 0) is 57.4 Å². The SMILES string of the molecule is Cc1cc(NC(=O)[C@@H](C)Nc2ccc(N3CCCC3)c(C)c2)no1. The summed E-state index contributed by atoms with van der Waals surface area (Å²) in [6, 6.07) is 7.58. The fraction of sp³-hybridized carbons (Fsp3) is 0.444. The number of anilines is 3. The van der Waals surface area contributed by atoms with Gasteiger partial charge in [-0.15, -0.1) is 0 Å². The number of amides is 1. The second-order valence-electron chi connectivity index (χ2n) is 6.37. The van der Waals surface area contributed by atoms with Gasteiger partial charge in [-0.25, -0.2) is 0 Å². The van der Waals surface area contributed by atoms with Crippen molar-refractivity contribution in [3.05, 3.63) is 35.6 Å². The number of carbonyl (C=O) groups is 1. The Morgan fingerprint density at radius 3 is 2.62 bits per heavy atom. The Kier molecular flexibility index (Phi) is 4.74. The van der Waals surface area contributed by atoms with Gasteiger partial charge >= 0.3 is 0 Å². The van der Waals surface area contributed by atoms with Crippen LogP contribution in [0.2, 0.25) is 0 Å². The number of nitrogens with zero attached hydrogens (tertiary/aromatic N) is 2. The van der Waals surface area contributed by atoms with Crippen molar-refractivity contribution in [1.82, 2.24) is 5.16 Å². The van der Waals surface area contributed by atoms with Crippen molar-refractivity contribution >= 4 is 23.1 Å². The third-order valence-electron chi connectivity index (χ3n) is 4.30. The minimum absolute atomic E-state index is 0.149. The summed E-state index contributed by atoms with van der Waals surface area (Å²) < 4.78 is 4.95. The molecule has 1 aromatic heterocycles. The lowest BCUT2D eigenvalue weighted by molar-refractivity contribution is -0.116. The molecular formula is C18H24N4O2. The van der Waals surface area contributed by atoms with Crippen LogP contribution in [0.25, 0.3) is 0 Å². The molecule has 0 aliphatic carbocycles. The molecule has 0 saturated carbocycles. The summed E-state index contributed by atoms with van der Waals surface area (Å²) in [5, 5.41) is 9.75. The predicted octanol–water partition coefficient (Wildman–Crippen LogP) is 3.33. The fourth-order valence-corrected chi connectivity index (χ4v) is 3.03. The molecule has 0 unspecified atom stereocenters. The van der Waals surface area contributed by atoms with Crippen LogP contribution < -0.4 is 15.5 Å². The number of rotatable bonds is 5. The number of carbonyl (C=O) groups excluding carboxylic acids is 1. The molecule has 0 bridgehead atoms. The van der Waals surface area contributed by atoms with Gasteiger partial charge in [-0.1, -0.05) is 5.16 Å². The van der Waals surface area contributed by atoms with E-state index in [4.69, 9.17) is 4.52 Å². The van der Waals surface area contributed by atoms with Crippen molar-refractivity contribution < 1.29 is 9.32 Å². The van der Waals surface area contributed by atoms with E-state index in [9.17, 15) is 4.79 Å². The zero-order chi connectivity index (χ0) is 17.1. The molecule has 1 saturated heterocycles. The Morgan fingerprint density at radius 1 is 1.25 bits per heavy atom. The van der Waals surface area contributed by atoms with Gasteiger partial charge in [0.05, 0.1) is 0 Å². The average molecular weight is 328 g/mol. The van der Waals surface area contributed by atoms with Gasteiger partial charge in [0.1, 0.15) is 11.8 Å². The highest BCUT2D eigenvalue weighted by Gasteiger charge is 2.17. The summed E-state index contributed by atoms with van der Waals surface area (Å²) in [5.41, 5.74) is 3.45. The van der Waals surface area contributed by atoms with Crippen LogP contribution in [-0.4, -0.2) is 30.2 Å². The standard InChI is InChI=1S/C18H24N4O2/c1-12-10-15(6-7-16(12)22-8-4-5-9-22)19-14(3)18(23)20-17-11-13(2)24-21-17/h6-7,10-11,14,19H,4-5,8-9H2,1-3H3,(H,20,21,23)/t14-/m1/s1. The maximum atomic E-state index is 12.2. The number of benzene rings is 1. The van der Waals surface area contributed by atoms with Crippen LogP contribution in [0.4, 0.5) is 17.2 Å². The first kappa shape index (κ1) is 16.4. The molecule has 3 rings (SSSR count). The molecule has 6 heteroatoms. The summed E-state index contributed by atoms with van der Waals surface area (Å²) in [6.45, 7) is 7.98. The second-order valence-corrected chi connectivity index (χ2v) is 6.37. The van der Waals surface area contributed by atoms with E-state index in [0.717, 1.165) is 18.8 Å². The van der Waals surface area contributed by atoms with E-state index in [1.807, 2.05) is 13.0 Å². The van der Waals surface area contributed by atoms with Crippen molar-refractivity contribution in [3.8, 4) is 0 Å². The molecule has 1 fully saturated rings. The highest BCUT2D eigenvalue weighted by molar-refractivity contribution is 5.95. The molecule has 128 valence electrons. The van der Waals surface area contributed by atoms with Crippen molar-refractivity contribution in [3.63, 3.8) is 0 Å². The molecule has 2 N–H and O–H groups in total. The van der Waals surface area contributed by atoms with Gasteiger partial charge in [0, 0.05) is 30.5 Å². The van der Waals surface area contributed by atoms with Crippen LogP contribution in [0.3, 0.4) is 0 Å². The molecule has 1 amide bonds. The van der Waals surface area contributed by atoms with Crippen molar-refractivity contribution in [1.29, 1.82) is 0 Å². The Bertz CT molecular complexity index is 720. The molecule has 1 aliphatic heterocycles. The van der Waals surface area contributed by atoms with Crippen molar-refractivity contribution in [2.45, 2.75) is 39.7 Å². The van der Waals surface area contributed by atoms with E-state index in [2.05, 4.69) is 39.7 Å². The highest BCUT2D eigenvalue weighted by Crippen LogP contribution is 2.27. The Hall–Kier alpha value is -2.50. The van der Waals surface area contributed by atoms with E-state index in [1.54, 1.807) is 13.0 Å². The van der Waals surface area contributed by atoms with Gasteiger partial charge in [-0.3, -0.25) is 4.79 Å². The van der Waals surface area contributed by atoms with E-state index < -0.39 is 0 Å². The Labute approximate surface area is 142 Å². The molecule has 1 aliphatic rings. The van der Waals surface area contributed by atoms with E-state index >= 15 is 0 Å². The Morgan fingerprint density at radius 2 is 2.00 bits per heavy atom. The number of hydrogen-bond acceptors (Lipinski definition) is 5. The number of hydrogen-bond donors (Lipinski definition) is 2. The summed E-state index contributed by atoms with van der Waals surface area (Å²) in [6.07, 6.45) is 2.52. The van der Waals surface area contributed by atoms with Gasteiger partial charge in [0.25, 0.3) is 0 Å². The van der Waals surface area contributed by atoms with E-state index in [-0.39, 0.29) is 11.9 Å². The van der Waals surface area contributed by atoms with Crippen LogP contribution in [-0.2, 0) is 4.79 Å². The maximum Gasteiger partial charge on any atom is 0.247 e. The third-order valence-corrected chi connectivity index (χ3v) is 4.30. The molecule has 1 aromatic carbocycles. The number of nitrogens with one attached hydrogen (secondary N) is 2. The van der Waals surface area contributed by atoms with Crippen LogP contribution in [0.15, 0.2) is 28.8 Å². The average Bonchev–Trinajstić information content (AvgIpc) is 3.19. The molecule has 0 radical (unpaired) electrons. The van der Waals surface area contributed by atoms with Crippen molar-refractivity contribution in [2.24, 2.45) is 0 Å². The largest absolute Gasteiger partial charge is 0.374 e. The minimum Gasteiger partial charge on any atom is -0.374 e. The van der Waals surface area contributed by atoms with Gasteiger partial charge in [0.2, 0.25) is 5.91 Å². The number of aryl methyl sites for hydroxylation is 2. The van der Waals surface area contributed by atoms with Crippen LogP contribution in [0.1, 0.15) is 31.1 Å². The molecule has 0 spiro atoms. The summed E-state index contributed by atoms with van der Waals surface area (Å²) >= 11 is 0. The topological polar surface area (TPSA) is 70.4 Å². The lowest BCUT2D eigenvalue weighted by Gasteiger charge is -2.21. The number of aromatic nitrogens is 1. The predicted molar refractivity (Wildman–Crippen MR) is 95.6 cm³/mol. The zero-order valence-corrected chi connectivity index (χ0v) is 14.4. The summed E-state index contributed by atoms with van der Waals surface area (Å²) in [5.74, 6) is 0.954. The maximum absolute atomic E-state index is 12.2. The van der Waals surface area contributed by atoms with Crippen LogP contribution in [0, 0.1) is 13.8 Å². The van der Waals surface area contributed by atoms with Crippen molar-refractivity contribution in [2.75, 3.05) is 28.6 Å². The van der Waals surface area contributed by atoms with E-state index in [0.29, 0.717) is 11.6 Å². The summed E-state index contributed by atoms with van der Waals surface area (Å²) in [4.78, 5) is 14.6. The molecular weight excluding hydrogens is 304 g/mol. The normalized spacial score (nSPS) is 15.4. The fourth-order valence-electron chi connectivity index (χ4n) is 3.03. The first-order valence-electron chi connectivity index (χ1n) is 8.39. The molecule has 2 heterocycles. The van der Waals surface area contributed by atoms with Gasteiger partial charge < -0.3 is 20.1 Å². The van der Waals surface area contributed by atoms with Gasteiger partial charge in [-0.2, -0.15) is 0 Å². The second kappa shape index (κ2) is 6.95. The first-order chi connectivity index (χ1) is 11.5. The van der Waals surface area contributed by atoms with Crippen LogP contribution in [0.5, 0.6) is 0 Å². The highest BCUT2D eigenvalue weighted by atomic mass is 16.5. The lowest BCUT2D eigenvalue weighted by Crippen LogP contribution is -2.32. The molecule has 2 aromatic rings. The first-order valence-corrected chi connectivity index (χ1v) is 8.39. The van der Waals surface area contributed by atoms with Crippen LogP contribution >= 0.6 is 0 Å². The van der Waals surface area contributed by atoms with Gasteiger partial charge in [0.15, 0.2) is 5.82 Å². The minimum atomic E-state index is -0.376. The molecule has 1 atom stereocenters. The summed E-state index contributed by atoms with van der Waals surface area (Å²) in [7, 11) is 0. The smallest absolute Gasteiger partial charge is 0.247 e. The Balaban J connectivity index is 1.62. The monoisotopic (exact) mass is 328 g/mol. The molecule has 24 heavy (non-hydrogen) atoms. The third kappa shape index (κ3) is 3.69. The quantitative estimate of drug-likeness (QED) is 0.881. The lowest BCUT2D eigenvalue weighted by atomic mass is 10.1. The zero-order valence-electron chi connectivity index (χ0n) is 14.4. The molecule has 6 nitrogen and oxygen atoms in total. The van der Waals surface area contributed by atoms with E-state index in [1.165, 1.54) is 24.1 Å².